The molecule has 5 heteroatoms. The summed E-state index contributed by atoms with van der Waals surface area (Å²) in [6.07, 6.45) is 0. The van der Waals surface area contributed by atoms with Gasteiger partial charge < -0.3 is 0 Å². The Morgan fingerprint density at radius 2 is 1.50 bits per heavy atom. The topological polar surface area (TPSA) is 70.0 Å². The normalized spacial score (nSPS) is 12.1. The third-order valence-corrected chi connectivity index (χ3v) is 4.77. The van der Waals surface area contributed by atoms with Crippen molar-refractivity contribution in [3.05, 3.63) is 65.7 Å². The number of rotatable bonds is 4. The number of sulfonamides is 1. The molecule has 0 heterocycles. The summed E-state index contributed by atoms with van der Waals surface area (Å²) >= 11 is 0. The lowest BCUT2D eigenvalue weighted by Gasteiger charge is -2.21. The Hall–Kier alpha value is -1.98. The smallest absolute Gasteiger partial charge is 0.241 e. The molecule has 0 saturated heterocycles. The van der Waals surface area contributed by atoms with Gasteiger partial charge in [-0.1, -0.05) is 48.5 Å². The average molecular weight is 316 g/mol. The van der Waals surface area contributed by atoms with Crippen molar-refractivity contribution in [1.82, 2.24) is 4.72 Å². The zero-order valence-electron chi connectivity index (χ0n) is 12.9. The Morgan fingerprint density at radius 3 is 2.09 bits per heavy atom. The molecule has 2 aromatic carbocycles. The van der Waals surface area contributed by atoms with Crippen LogP contribution >= 0.6 is 0 Å². The fourth-order valence-electron chi connectivity index (χ4n) is 2.13. The van der Waals surface area contributed by atoms with Crippen LogP contribution in [0.5, 0.6) is 0 Å². The Labute approximate surface area is 131 Å². The quantitative estimate of drug-likeness (QED) is 0.851. The largest absolute Gasteiger partial charge is 0.300 e. The summed E-state index contributed by atoms with van der Waals surface area (Å²) in [5.74, 6) is 0. The van der Waals surface area contributed by atoms with Crippen LogP contribution in [0.2, 0.25) is 0 Å². The molecule has 22 heavy (non-hydrogen) atoms. The summed E-state index contributed by atoms with van der Waals surface area (Å²) in [6, 6.07) is 15.7. The molecular weight excluding hydrogens is 296 g/mol. The van der Waals surface area contributed by atoms with Crippen LogP contribution in [0, 0.1) is 5.41 Å². The standard InChI is InChI=1S/C17H20N2O2S/c1-17(2,3)19-22(20,21)15-12-8-7-11-14(15)16(18)13-9-5-4-6-10-13/h4-12,18-19H,1-3H3. The lowest BCUT2D eigenvalue weighted by Crippen LogP contribution is -2.41. The molecule has 0 radical (unpaired) electrons. The molecule has 116 valence electrons. The van der Waals surface area contributed by atoms with Gasteiger partial charge in [0.2, 0.25) is 10.0 Å². The summed E-state index contributed by atoms with van der Waals surface area (Å²) in [5.41, 5.74) is 0.683. The highest BCUT2D eigenvalue weighted by Gasteiger charge is 2.25. The monoisotopic (exact) mass is 316 g/mol. The molecule has 0 aliphatic carbocycles. The van der Waals surface area contributed by atoms with Crippen molar-refractivity contribution in [2.75, 3.05) is 0 Å². The van der Waals surface area contributed by atoms with Gasteiger partial charge in [-0.05, 0) is 26.8 Å². The molecule has 0 unspecified atom stereocenters. The number of nitrogens with one attached hydrogen (secondary N) is 2. The lowest BCUT2D eigenvalue weighted by molar-refractivity contribution is 0.491. The minimum absolute atomic E-state index is 0.124. The molecule has 4 nitrogen and oxygen atoms in total. The first-order chi connectivity index (χ1) is 10.2. The first kappa shape index (κ1) is 16.4. The predicted octanol–water partition coefficient (Wildman–Crippen LogP) is 3.18. The predicted molar refractivity (Wildman–Crippen MR) is 88.9 cm³/mol. The molecule has 0 spiro atoms. The third-order valence-electron chi connectivity index (χ3n) is 2.95. The van der Waals surface area contributed by atoms with E-state index >= 15 is 0 Å². The van der Waals surface area contributed by atoms with Gasteiger partial charge >= 0.3 is 0 Å². The van der Waals surface area contributed by atoms with Crippen molar-refractivity contribution in [3.8, 4) is 0 Å². The molecule has 2 aromatic rings. The molecule has 0 amide bonds. The second-order valence-corrected chi connectivity index (χ2v) is 7.74. The maximum atomic E-state index is 12.6. The first-order valence-electron chi connectivity index (χ1n) is 6.98. The lowest BCUT2D eigenvalue weighted by atomic mass is 10.0. The van der Waals surface area contributed by atoms with Crippen molar-refractivity contribution in [3.63, 3.8) is 0 Å². The first-order valence-corrected chi connectivity index (χ1v) is 8.46. The van der Waals surface area contributed by atoms with Crippen LogP contribution in [0.4, 0.5) is 0 Å². The van der Waals surface area contributed by atoms with Crippen LogP contribution < -0.4 is 4.72 Å². The van der Waals surface area contributed by atoms with E-state index in [0.717, 1.165) is 0 Å². The summed E-state index contributed by atoms with van der Waals surface area (Å²) in [4.78, 5) is 0.124. The minimum atomic E-state index is -3.69. The maximum Gasteiger partial charge on any atom is 0.241 e. The Bertz CT molecular complexity index is 776. The highest BCUT2D eigenvalue weighted by Crippen LogP contribution is 2.20. The number of benzene rings is 2. The van der Waals surface area contributed by atoms with Gasteiger partial charge in [0.25, 0.3) is 0 Å². The van der Waals surface area contributed by atoms with E-state index < -0.39 is 15.6 Å². The Kier molecular flexibility index (Phi) is 4.49. The zero-order chi connectivity index (χ0) is 16.4. The van der Waals surface area contributed by atoms with Crippen LogP contribution in [0.1, 0.15) is 31.9 Å². The summed E-state index contributed by atoms with van der Waals surface area (Å²) in [5, 5.41) is 8.33. The van der Waals surface area contributed by atoms with Crippen molar-refractivity contribution < 1.29 is 8.42 Å². The Balaban J connectivity index is 2.50. The van der Waals surface area contributed by atoms with Gasteiger partial charge in [-0.25, -0.2) is 13.1 Å². The van der Waals surface area contributed by atoms with E-state index in [4.69, 9.17) is 5.41 Å². The van der Waals surface area contributed by atoms with E-state index in [0.29, 0.717) is 11.1 Å². The van der Waals surface area contributed by atoms with Gasteiger partial charge in [0.1, 0.15) is 0 Å². The minimum Gasteiger partial charge on any atom is -0.300 e. The van der Waals surface area contributed by atoms with Crippen molar-refractivity contribution in [2.45, 2.75) is 31.2 Å². The van der Waals surface area contributed by atoms with Gasteiger partial charge in [-0.3, -0.25) is 5.41 Å². The van der Waals surface area contributed by atoms with E-state index in [9.17, 15) is 8.42 Å². The van der Waals surface area contributed by atoms with Crippen LogP contribution in [0.15, 0.2) is 59.5 Å². The van der Waals surface area contributed by atoms with Gasteiger partial charge in [-0.2, -0.15) is 0 Å². The van der Waals surface area contributed by atoms with Gasteiger partial charge in [0.05, 0.1) is 10.6 Å². The van der Waals surface area contributed by atoms with E-state index in [1.807, 2.05) is 18.2 Å². The molecular formula is C17H20N2O2S. The van der Waals surface area contributed by atoms with Crippen LogP contribution in [0.25, 0.3) is 0 Å². The number of hydrogen-bond acceptors (Lipinski definition) is 3. The molecule has 0 aliphatic heterocycles. The molecule has 0 bridgehead atoms. The van der Waals surface area contributed by atoms with Crippen LogP contribution in [-0.4, -0.2) is 19.7 Å². The molecule has 2 N–H and O–H groups in total. The third kappa shape index (κ3) is 3.81. The molecule has 0 aromatic heterocycles. The fourth-order valence-corrected chi connectivity index (χ4v) is 3.76. The van der Waals surface area contributed by atoms with Crippen molar-refractivity contribution >= 4 is 15.7 Å². The van der Waals surface area contributed by atoms with Gasteiger partial charge in [-0.15, -0.1) is 0 Å². The van der Waals surface area contributed by atoms with E-state index in [-0.39, 0.29) is 10.6 Å². The van der Waals surface area contributed by atoms with Crippen molar-refractivity contribution in [2.24, 2.45) is 0 Å². The molecule has 0 atom stereocenters. The van der Waals surface area contributed by atoms with Gasteiger partial charge in [0.15, 0.2) is 0 Å². The SMILES string of the molecule is CC(C)(C)NS(=O)(=O)c1ccccc1C(=N)c1ccccc1. The molecule has 0 saturated carbocycles. The molecule has 0 fully saturated rings. The summed E-state index contributed by atoms with van der Waals surface area (Å²) in [6.45, 7) is 5.36. The second kappa shape index (κ2) is 6.02. The molecule has 2 rings (SSSR count). The fraction of sp³-hybridized carbons (Fsp3) is 0.235. The van der Waals surface area contributed by atoms with Crippen LogP contribution in [-0.2, 0) is 10.0 Å². The van der Waals surface area contributed by atoms with Crippen LogP contribution in [0.3, 0.4) is 0 Å². The number of hydrogen-bond donors (Lipinski definition) is 2. The second-order valence-electron chi connectivity index (χ2n) is 6.09. The van der Waals surface area contributed by atoms with E-state index in [2.05, 4.69) is 4.72 Å². The van der Waals surface area contributed by atoms with E-state index in [1.165, 1.54) is 6.07 Å². The summed E-state index contributed by atoms with van der Waals surface area (Å²) in [7, 11) is -3.69. The van der Waals surface area contributed by atoms with Gasteiger partial charge in [0, 0.05) is 16.7 Å². The Morgan fingerprint density at radius 1 is 0.955 bits per heavy atom. The average Bonchev–Trinajstić information content (AvgIpc) is 2.45. The highest BCUT2D eigenvalue weighted by molar-refractivity contribution is 7.89. The highest BCUT2D eigenvalue weighted by atomic mass is 32.2. The maximum absolute atomic E-state index is 12.6. The zero-order valence-corrected chi connectivity index (χ0v) is 13.7. The molecule has 0 aliphatic rings. The van der Waals surface area contributed by atoms with E-state index in [1.54, 1.807) is 51.1 Å². The summed E-state index contributed by atoms with van der Waals surface area (Å²) < 4.78 is 27.8. The van der Waals surface area contributed by atoms with Crippen molar-refractivity contribution in [1.29, 1.82) is 5.41 Å².